The summed E-state index contributed by atoms with van der Waals surface area (Å²) in [4.78, 5) is 7.05. The van der Waals surface area contributed by atoms with Gasteiger partial charge in [0.1, 0.15) is 11.9 Å². The third-order valence-corrected chi connectivity index (χ3v) is 4.10. The van der Waals surface area contributed by atoms with Crippen LogP contribution in [0.3, 0.4) is 0 Å². The summed E-state index contributed by atoms with van der Waals surface area (Å²) >= 11 is 0. The molecule has 1 unspecified atom stereocenters. The number of guanidine groups is 1. The number of para-hydroxylation sites is 1. The maximum Gasteiger partial charge on any atom is 0.191 e. The lowest BCUT2D eigenvalue weighted by Crippen LogP contribution is -2.44. The Morgan fingerprint density at radius 1 is 1.27 bits per heavy atom. The van der Waals surface area contributed by atoms with Gasteiger partial charge in [0.15, 0.2) is 5.96 Å². The molecule has 1 heterocycles. The van der Waals surface area contributed by atoms with Crippen LogP contribution < -0.4 is 15.4 Å². The van der Waals surface area contributed by atoms with Crippen molar-refractivity contribution in [2.75, 3.05) is 52.5 Å². The van der Waals surface area contributed by atoms with Crippen molar-refractivity contribution >= 4 is 29.9 Å². The monoisotopic (exact) mass is 476 g/mol. The molecule has 1 aliphatic heterocycles. The van der Waals surface area contributed by atoms with Crippen LogP contribution in [-0.4, -0.2) is 69.4 Å². The Balaban J connectivity index is 0.00000338. The molecule has 1 aromatic rings. The van der Waals surface area contributed by atoms with Crippen LogP contribution in [-0.2, 0) is 4.74 Å². The first-order valence-electron chi connectivity index (χ1n) is 9.23. The first kappa shape index (κ1) is 23.0. The van der Waals surface area contributed by atoms with E-state index in [1.54, 1.807) is 0 Å². The van der Waals surface area contributed by atoms with E-state index in [1.165, 1.54) is 0 Å². The van der Waals surface area contributed by atoms with E-state index in [0.29, 0.717) is 6.54 Å². The number of hydrogen-bond acceptors (Lipinski definition) is 4. The minimum atomic E-state index is 0. The highest BCUT2D eigenvalue weighted by Crippen LogP contribution is 2.17. The molecule has 0 aromatic heterocycles. The maximum atomic E-state index is 5.99. The fraction of sp³-hybridized carbons (Fsp3) is 0.632. The van der Waals surface area contributed by atoms with Crippen LogP contribution in [0.4, 0.5) is 0 Å². The number of aliphatic imine (C=N–C) groups is 1. The number of ether oxygens (including phenoxy) is 2. The summed E-state index contributed by atoms with van der Waals surface area (Å²) < 4.78 is 11.4. The van der Waals surface area contributed by atoms with Crippen molar-refractivity contribution in [3.63, 3.8) is 0 Å². The van der Waals surface area contributed by atoms with Crippen LogP contribution in [0.25, 0.3) is 0 Å². The quantitative estimate of drug-likeness (QED) is 0.343. The third kappa shape index (κ3) is 8.55. The summed E-state index contributed by atoms with van der Waals surface area (Å²) in [6.07, 6.45) is 0.0239. The number of aryl methyl sites for hydroxylation is 1. The lowest BCUT2D eigenvalue weighted by molar-refractivity contribution is 0.0389. The highest BCUT2D eigenvalue weighted by atomic mass is 127. The number of morpholine rings is 1. The van der Waals surface area contributed by atoms with E-state index < -0.39 is 0 Å². The number of nitrogens with one attached hydrogen (secondary N) is 2. The van der Waals surface area contributed by atoms with Gasteiger partial charge in [-0.25, -0.2) is 4.99 Å². The first-order valence-corrected chi connectivity index (χ1v) is 9.23. The normalized spacial score (nSPS) is 16.5. The van der Waals surface area contributed by atoms with Crippen LogP contribution in [0.1, 0.15) is 19.4 Å². The standard InChI is InChI=1S/C19H32N4O2.HI/c1-4-20-19(21-9-10-23-11-13-24-14-12-23)22-15-17(3)25-18-8-6-5-7-16(18)2;/h5-8,17H,4,9-15H2,1-3H3,(H2,20,21,22);1H. The van der Waals surface area contributed by atoms with Crippen molar-refractivity contribution in [1.82, 2.24) is 15.5 Å². The molecule has 0 saturated carbocycles. The molecule has 2 N–H and O–H groups in total. The summed E-state index contributed by atoms with van der Waals surface area (Å²) in [5.74, 6) is 1.77. The predicted octanol–water partition coefficient (Wildman–Crippen LogP) is 2.27. The predicted molar refractivity (Wildman–Crippen MR) is 118 cm³/mol. The zero-order chi connectivity index (χ0) is 17.9. The number of rotatable bonds is 8. The van der Waals surface area contributed by atoms with Crippen LogP contribution in [0.5, 0.6) is 5.75 Å². The molecular weight excluding hydrogens is 443 g/mol. The molecule has 0 bridgehead atoms. The van der Waals surface area contributed by atoms with Crippen molar-refractivity contribution in [2.45, 2.75) is 26.9 Å². The minimum Gasteiger partial charge on any atom is -0.489 e. The van der Waals surface area contributed by atoms with Crippen LogP contribution >= 0.6 is 24.0 Å². The molecule has 0 radical (unpaired) electrons. The fourth-order valence-electron chi connectivity index (χ4n) is 2.66. The molecule has 1 saturated heterocycles. The first-order chi connectivity index (χ1) is 12.2. The molecular formula is C19H33IN4O2. The van der Waals surface area contributed by atoms with Crippen molar-refractivity contribution in [3.8, 4) is 5.75 Å². The van der Waals surface area contributed by atoms with Gasteiger partial charge in [0, 0.05) is 32.7 Å². The van der Waals surface area contributed by atoms with Gasteiger partial charge in [0.2, 0.25) is 0 Å². The van der Waals surface area contributed by atoms with E-state index in [-0.39, 0.29) is 30.1 Å². The second kappa shape index (κ2) is 13.2. The van der Waals surface area contributed by atoms with Gasteiger partial charge >= 0.3 is 0 Å². The van der Waals surface area contributed by atoms with E-state index in [0.717, 1.165) is 63.2 Å². The van der Waals surface area contributed by atoms with E-state index >= 15 is 0 Å². The molecule has 1 aromatic carbocycles. The Hall–Kier alpha value is -1.06. The molecule has 148 valence electrons. The largest absolute Gasteiger partial charge is 0.489 e. The van der Waals surface area contributed by atoms with Crippen molar-refractivity contribution in [3.05, 3.63) is 29.8 Å². The van der Waals surface area contributed by atoms with E-state index in [1.807, 2.05) is 25.1 Å². The molecule has 6 nitrogen and oxygen atoms in total. The van der Waals surface area contributed by atoms with Crippen LogP contribution in [0.15, 0.2) is 29.3 Å². The minimum absolute atomic E-state index is 0. The zero-order valence-electron chi connectivity index (χ0n) is 16.2. The van der Waals surface area contributed by atoms with Gasteiger partial charge in [-0.1, -0.05) is 18.2 Å². The SMILES string of the molecule is CCNC(=NCC(C)Oc1ccccc1C)NCCN1CCOCC1.I. The second-order valence-corrected chi connectivity index (χ2v) is 6.29. The molecule has 26 heavy (non-hydrogen) atoms. The Bertz CT molecular complexity index is 536. The van der Waals surface area contributed by atoms with Crippen LogP contribution in [0.2, 0.25) is 0 Å². The number of halogens is 1. The smallest absolute Gasteiger partial charge is 0.191 e. The number of nitrogens with zero attached hydrogens (tertiary/aromatic N) is 2. The lowest BCUT2D eigenvalue weighted by Gasteiger charge is -2.26. The van der Waals surface area contributed by atoms with Gasteiger partial charge in [-0.15, -0.1) is 24.0 Å². The van der Waals surface area contributed by atoms with Gasteiger partial charge in [0.05, 0.1) is 19.8 Å². The van der Waals surface area contributed by atoms with Gasteiger partial charge < -0.3 is 20.1 Å². The Kier molecular flexibility index (Phi) is 11.6. The topological polar surface area (TPSA) is 58.1 Å². The van der Waals surface area contributed by atoms with Gasteiger partial charge in [-0.05, 0) is 32.4 Å². The average Bonchev–Trinajstić information content (AvgIpc) is 2.62. The van der Waals surface area contributed by atoms with E-state index in [4.69, 9.17) is 9.47 Å². The lowest BCUT2D eigenvalue weighted by atomic mass is 10.2. The number of benzene rings is 1. The Morgan fingerprint density at radius 3 is 2.69 bits per heavy atom. The fourth-order valence-corrected chi connectivity index (χ4v) is 2.66. The zero-order valence-corrected chi connectivity index (χ0v) is 18.5. The number of hydrogen-bond donors (Lipinski definition) is 2. The van der Waals surface area contributed by atoms with Crippen molar-refractivity contribution in [2.24, 2.45) is 4.99 Å². The van der Waals surface area contributed by atoms with Gasteiger partial charge in [-0.3, -0.25) is 4.90 Å². The molecule has 0 spiro atoms. The van der Waals surface area contributed by atoms with Crippen molar-refractivity contribution in [1.29, 1.82) is 0 Å². The molecule has 7 heteroatoms. The highest BCUT2D eigenvalue weighted by Gasteiger charge is 2.10. The van der Waals surface area contributed by atoms with Crippen molar-refractivity contribution < 1.29 is 9.47 Å². The Morgan fingerprint density at radius 2 is 2.00 bits per heavy atom. The Labute approximate surface area is 174 Å². The van der Waals surface area contributed by atoms with E-state index in [2.05, 4.69) is 40.4 Å². The average molecular weight is 476 g/mol. The molecule has 0 amide bonds. The molecule has 1 atom stereocenters. The summed E-state index contributed by atoms with van der Waals surface area (Å²) in [7, 11) is 0. The van der Waals surface area contributed by atoms with Gasteiger partial charge in [0.25, 0.3) is 0 Å². The molecule has 1 aliphatic rings. The highest BCUT2D eigenvalue weighted by molar-refractivity contribution is 14.0. The molecule has 0 aliphatic carbocycles. The third-order valence-electron chi connectivity index (χ3n) is 4.10. The summed E-state index contributed by atoms with van der Waals surface area (Å²) in [5, 5.41) is 6.69. The maximum absolute atomic E-state index is 5.99. The van der Waals surface area contributed by atoms with E-state index in [9.17, 15) is 0 Å². The summed E-state index contributed by atoms with van der Waals surface area (Å²) in [6.45, 7) is 13.2. The summed E-state index contributed by atoms with van der Waals surface area (Å²) in [5.41, 5.74) is 1.15. The molecule has 1 fully saturated rings. The van der Waals surface area contributed by atoms with Gasteiger partial charge in [-0.2, -0.15) is 0 Å². The molecule has 2 rings (SSSR count). The van der Waals surface area contributed by atoms with Crippen LogP contribution in [0, 0.1) is 6.92 Å². The summed E-state index contributed by atoms with van der Waals surface area (Å²) in [6, 6.07) is 8.08. The second-order valence-electron chi connectivity index (χ2n) is 6.29.